The smallest absolute Gasteiger partial charge is 0.246 e. The van der Waals surface area contributed by atoms with Crippen molar-refractivity contribution in [3.8, 4) is 0 Å². The van der Waals surface area contributed by atoms with Crippen molar-refractivity contribution in [1.29, 1.82) is 0 Å². The van der Waals surface area contributed by atoms with Crippen molar-refractivity contribution in [3.05, 3.63) is 76.3 Å². The van der Waals surface area contributed by atoms with Gasteiger partial charge in [-0.25, -0.2) is 0 Å². The first-order chi connectivity index (χ1) is 19.3. The molecule has 5 unspecified atom stereocenters. The topological polar surface area (TPSA) is 87.7 Å². The highest BCUT2D eigenvalue weighted by Gasteiger charge is 2.72. The lowest BCUT2D eigenvalue weighted by atomic mass is 9.74. The molecular formula is C32H36ClN3O4. The number of carbonyl (C=O) groups excluding carboxylic acids is 3. The van der Waals surface area contributed by atoms with E-state index in [9.17, 15) is 14.4 Å². The predicted molar refractivity (Wildman–Crippen MR) is 154 cm³/mol. The summed E-state index contributed by atoms with van der Waals surface area (Å²) in [6, 6.07) is 12.5. The summed E-state index contributed by atoms with van der Waals surface area (Å²) in [5.74, 6) is -2.20. The van der Waals surface area contributed by atoms with E-state index in [4.69, 9.17) is 16.3 Å². The number of halogens is 1. The van der Waals surface area contributed by atoms with Crippen molar-refractivity contribution in [1.82, 2.24) is 10.2 Å². The zero-order valence-corrected chi connectivity index (χ0v) is 23.7. The van der Waals surface area contributed by atoms with Crippen LogP contribution in [0, 0.1) is 25.7 Å². The number of hydrogen-bond donors (Lipinski definition) is 2. The van der Waals surface area contributed by atoms with Crippen molar-refractivity contribution in [3.63, 3.8) is 0 Å². The number of anilines is 1. The Balaban J connectivity index is 1.30. The summed E-state index contributed by atoms with van der Waals surface area (Å²) < 4.78 is 6.48. The van der Waals surface area contributed by atoms with Crippen LogP contribution in [0.15, 0.2) is 54.6 Å². The van der Waals surface area contributed by atoms with Crippen LogP contribution in [-0.4, -0.2) is 53.0 Å². The minimum absolute atomic E-state index is 0.0867. The Labute approximate surface area is 240 Å². The maximum Gasteiger partial charge on any atom is 0.246 e. The number of aryl methyl sites for hydroxylation is 2. The third-order valence-corrected chi connectivity index (χ3v) is 9.60. The van der Waals surface area contributed by atoms with Gasteiger partial charge in [-0.15, -0.1) is 0 Å². The molecule has 2 N–H and O–H groups in total. The van der Waals surface area contributed by atoms with Gasteiger partial charge in [-0.3, -0.25) is 14.4 Å². The number of benzene rings is 2. The number of ether oxygens (including phenoxy) is 1. The molecule has 2 bridgehead atoms. The molecule has 2 aromatic rings. The first-order valence-corrected chi connectivity index (χ1v) is 14.8. The summed E-state index contributed by atoms with van der Waals surface area (Å²) in [5.41, 5.74) is 2.62. The zero-order chi connectivity index (χ0) is 28.0. The average molecular weight is 562 g/mol. The molecule has 210 valence electrons. The highest BCUT2D eigenvalue weighted by molar-refractivity contribution is 6.31. The lowest BCUT2D eigenvalue weighted by molar-refractivity contribution is -0.141. The van der Waals surface area contributed by atoms with Crippen LogP contribution in [0.2, 0.25) is 5.02 Å². The molecule has 1 spiro atoms. The molecule has 6 rings (SSSR count). The van der Waals surface area contributed by atoms with E-state index in [1.165, 1.54) is 6.42 Å². The quantitative estimate of drug-likeness (QED) is 0.478. The van der Waals surface area contributed by atoms with Crippen LogP contribution >= 0.6 is 11.6 Å². The fourth-order valence-corrected chi connectivity index (χ4v) is 7.25. The summed E-state index contributed by atoms with van der Waals surface area (Å²) in [5, 5.41) is 6.87. The molecule has 3 heterocycles. The van der Waals surface area contributed by atoms with Crippen molar-refractivity contribution in [2.24, 2.45) is 11.8 Å². The molecule has 1 saturated carbocycles. The van der Waals surface area contributed by atoms with Gasteiger partial charge in [0.05, 0.1) is 17.9 Å². The molecule has 3 fully saturated rings. The molecule has 5 atom stereocenters. The van der Waals surface area contributed by atoms with Gasteiger partial charge < -0.3 is 20.3 Å². The van der Waals surface area contributed by atoms with Gasteiger partial charge in [0.15, 0.2) is 0 Å². The Bertz CT molecular complexity index is 1370. The molecule has 40 heavy (non-hydrogen) atoms. The first-order valence-electron chi connectivity index (χ1n) is 14.4. The molecule has 0 radical (unpaired) electrons. The van der Waals surface area contributed by atoms with E-state index in [1.54, 1.807) is 4.90 Å². The van der Waals surface area contributed by atoms with E-state index < -0.39 is 29.6 Å². The van der Waals surface area contributed by atoms with Crippen LogP contribution < -0.4 is 10.6 Å². The Morgan fingerprint density at radius 1 is 1.05 bits per heavy atom. The van der Waals surface area contributed by atoms with Crippen LogP contribution in [0.3, 0.4) is 0 Å². The zero-order valence-electron chi connectivity index (χ0n) is 23.0. The standard InChI is InChI=1S/C32H36ClN3O4/c1-19-12-13-23(18-20(19)2)35-29(37)26-25-14-16-32(40-25)27(26)31(39)36(17-15-21-8-6-7-11-24(21)33)28(32)30(38)34-22-9-4-3-5-10-22/h6-8,11-14,16,18,22,25-28H,3-5,9-10,15,17H2,1-2H3,(H,34,38)(H,35,37). The SMILES string of the molecule is Cc1ccc(NC(=O)C2C3C=CC4(O3)C2C(=O)N(CCc2ccccc2Cl)C4C(=O)NC2CCCCC2)cc1C. The van der Waals surface area contributed by atoms with Crippen molar-refractivity contribution >= 4 is 35.0 Å². The number of nitrogens with one attached hydrogen (secondary N) is 2. The van der Waals surface area contributed by atoms with Crippen LogP contribution in [0.1, 0.15) is 48.8 Å². The molecule has 2 saturated heterocycles. The van der Waals surface area contributed by atoms with Gasteiger partial charge in [0, 0.05) is 23.3 Å². The number of likely N-dealkylation sites (tertiary alicyclic amines) is 1. The summed E-state index contributed by atoms with van der Waals surface area (Å²) in [4.78, 5) is 43.5. The van der Waals surface area contributed by atoms with Gasteiger partial charge >= 0.3 is 0 Å². The Morgan fingerprint density at radius 2 is 1.82 bits per heavy atom. The predicted octanol–water partition coefficient (Wildman–Crippen LogP) is 4.74. The molecule has 1 aliphatic carbocycles. The summed E-state index contributed by atoms with van der Waals surface area (Å²) in [7, 11) is 0. The molecule has 4 aliphatic rings. The van der Waals surface area contributed by atoms with Crippen molar-refractivity contribution in [2.45, 2.75) is 76.2 Å². The lowest BCUT2D eigenvalue weighted by Gasteiger charge is -2.34. The number of amides is 3. The molecule has 7 nitrogen and oxygen atoms in total. The molecular weight excluding hydrogens is 526 g/mol. The number of rotatable bonds is 7. The summed E-state index contributed by atoms with van der Waals surface area (Å²) >= 11 is 6.42. The molecule has 3 aliphatic heterocycles. The second-order valence-corrected chi connectivity index (χ2v) is 12.1. The van der Waals surface area contributed by atoms with Gasteiger partial charge in [-0.2, -0.15) is 0 Å². The maximum atomic E-state index is 14.2. The fraction of sp³-hybridized carbons (Fsp3) is 0.469. The first kappa shape index (κ1) is 27.0. The van der Waals surface area contributed by atoms with Gasteiger partial charge in [-0.05, 0) is 68.0 Å². The van der Waals surface area contributed by atoms with Gasteiger partial charge in [0.25, 0.3) is 0 Å². The largest absolute Gasteiger partial charge is 0.359 e. The number of carbonyl (C=O) groups is 3. The van der Waals surface area contributed by atoms with E-state index in [2.05, 4.69) is 10.6 Å². The Hall–Kier alpha value is -3.16. The number of hydrogen-bond acceptors (Lipinski definition) is 4. The second kappa shape index (κ2) is 10.7. The van der Waals surface area contributed by atoms with E-state index in [-0.39, 0.29) is 23.8 Å². The van der Waals surface area contributed by atoms with Gasteiger partial charge in [0.2, 0.25) is 17.7 Å². The lowest BCUT2D eigenvalue weighted by Crippen LogP contribution is -2.56. The monoisotopic (exact) mass is 561 g/mol. The van der Waals surface area contributed by atoms with E-state index >= 15 is 0 Å². The van der Waals surface area contributed by atoms with Gasteiger partial charge in [-0.1, -0.05) is 67.3 Å². The van der Waals surface area contributed by atoms with Crippen molar-refractivity contribution < 1.29 is 19.1 Å². The molecule has 0 aromatic heterocycles. The van der Waals surface area contributed by atoms with Gasteiger partial charge in [0.1, 0.15) is 11.6 Å². The minimum Gasteiger partial charge on any atom is -0.359 e. The number of fused-ring (bicyclic) bond motifs is 1. The van der Waals surface area contributed by atoms with Crippen LogP contribution in [0.5, 0.6) is 0 Å². The highest BCUT2D eigenvalue weighted by atomic mass is 35.5. The maximum absolute atomic E-state index is 14.2. The molecule has 8 heteroatoms. The van der Waals surface area contributed by atoms with E-state index in [1.807, 2.05) is 68.5 Å². The summed E-state index contributed by atoms with van der Waals surface area (Å²) in [6.07, 6.45) is 8.86. The average Bonchev–Trinajstić information content (AvgIpc) is 3.58. The van der Waals surface area contributed by atoms with Crippen LogP contribution in [-0.2, 0) is 25.5 Å². The van der Waals surface area contributed by atoms with E-state index in [0.717, 1.165) is 42.4 Å². The Kier molecular flexibility index (Phi) is 7.21. The van der Waals surface area contributed by atoms with Crippen LogP contribution in [0.25, 0.3) is 0 Å². The minimum atomic E-state index is -1.17. The van der Waals surface area contributed by atoms with Crippen LogP contribution in [0.4, 0.5) is 5.69 Å². The van der Waals surface area contributed by atoms with Crippen molar-refractivity contribution in [2.75, 3.05) is 11.9 Å². The molecule has 2 aromatic carbocycles. The summed E-state index contributed by atoms with van der Waals surface area (Å²) in [6.45, 7) is 4.32. The highest BCUT2D eigenvalue weighted by Crippen LogP contribution is 2.55. The Morgan fingerprint density at radius 3 is 2.58 bits per heavy atom. The fourth-order valence-electron chi connectivity index (χ4n) is 7.02. The third kappa shape index (κ3) is 4.63. The third-order valence-electron chi connectivity index (χ3n) is 9.23. The normalized spacial score (nSPS) is 29.1. The van der Waals surface area contributed by atoms with E-state index in [0.29, 0.717) is 23.7 Å². The number of nitrogens with zero attached hydrogens (tertiary/aromatic N) is 1. The molecule has 3 amide bonds. The second-order valence-electron chi connectivity index (χ2n) is 11.7.